The summed E-state index contributed by atoms with van der Waals surface area (Å²) in [6.07, 6.45) is 10.9. The summed E-state index contributed by atoms with van der Waals surface area (Å²) in [6.45, 7) is 2.12. The second kappa shape index (κ2) is 5.85. The molecule has 0 aromatic carbocycles. The number of nitrogens with one attached hydrogen (secondary N) is 1. The van der Waals surface area contributed by atoms with Crippen molar-refractivity contribution in [2.45, 2.75) is 63.4 Å². The first kappa shape index (κ1) is 12.9. The fraction of sp³-hybridized carbons (Fsp3) is 0.929. The Morgan fingerprint density at radius 1 is 0.941 bits per heavy atom. The molecule has 17 heavy (non-hydrogen) atoms. The maximum Gasteiger partial charge on any atom is 0.129 e. The van der Waals surface area contributed by atoms with Gasteiger partial charge in [0.25, 0.3) is 0 Å². The van der Waals surface area contributed by atoms with E-state index in [1.165, 1.54) is 44.9 Å². The molecule has 0 bridgehead atoms. The Bertz CT molecular complexity index is 251. The lowest BCUT2D eigenvalue weighted by Crippen LogP contribution is -2.51. The van der Waals surface area contributed by atoms with Crippen LogP contribution in [-0.4, -0.2) is 36.5 Å². The predicted molar refractivity (Wildman–Crippen MR) is 70.6 cm³/mol. The standard InChI is InChI=1S/C14H26N2O/c1-17-14(9-5-2-3-6-10-14)13(15)16-11-7-4-8-12-16/h15H,2-12H2,1H3. The summed E-state index contributed by atoms with van der Waals surface area (Å²) in [7, 11) is 1.80. The summed E-state index contributed by atoms with van der Waals surface area (Å²) in [6, 6.07) is 0. The van der Waals surface area contributed by atoms with E-state index in [-0.39, 0.29) is 5.60 Å². The minimum atomic E-state index is -0.270. The smallest absolute Gasteiger partial charge is 0.129 e. The van der Waals surface area contributed by atoms with Crippen LogP contribution in [0.25, 0.3) is 0 Å². The van der Waals surface area contributed by atoms with Crippen molar-refractivity contribution < 1.29 is 4.74 Å². The number of hydrogen-bond donors (Lipinski definition) is 1. The molecule has 3 heteroatoms. The van der Waals surface area contributed by atoms with Gasteiger partial charge in [-0.3, -0.25) is 5.41 Å². The van der Waals surface area contributed by atoms with E-state index in [9.17, 15) is 0 Å². The monoisotopic (exact) mass is 238 g/mol. The van der Waals surface area contributed by atoms with Crippen LogP contribution in [-0.2, 0) is 4.74 Å². The summed E-state index contributed by atoms with van der Waals surface area (Å²) < 4.78 is 5.81. The number of piperidine rings is 1. The first-order chi connectivity index (χ1) is 8.28. The van der Waals surface area contributed by atoms with Gasteiger partial charge >= 0.3 is 0 Å². The minimum absolute atomic E-state index is 0.270. The molecule has 0 unspecified atom stereocenters. The molecule has 98 valence electrons. The van der Waals surface area contributed by atoms with Crippen LogP contribution in [0.1, 0.15) is 57.8 Å². The van der Waals surface area contributed by atoms with Crippen molar-refractivity contribution in [3.8, 4) is 0 Å². The van der Waals surface area contributed by atoms with Gasteiger partial charge in [-0.05, 0) is 32.1 Å². The topological polar surface area (TPSA) is 36.3 Å². The normalized spacial score (nSPS) is 25.4. The maximum absolute atomic E-state index is 8.52. The minimum Gasteiger partial charge on any atom is -0.370 e. The largest absolute Gasteiger partial charge is 0.370 e. The second-order valence-electron chi connectivity index (χ2n) is 5.51. The molecule has 2 fully saturated rings. The molecule has 1 N–H and O–H groups in total. The first-order valence-electron chi connectivity index (χ1n) is 7.18. The first-order valence-corrected chi connectivity index (χ1v) is 7.18. The van der Waals surface area contributed by atoms with Crippen molar-refractivity contribution in [2.24, 2.45) is 0 Å². The summed E-state index contributed by atoms with van der Waals surface area (Å²) in [4.78, 5) is 2.26. The Morgan fingerprint density at radius 3 is 2.00 bits per heavy atom. The third kappa shape index (κ3) is 2.82. The lowest BCUT2D eigenvalue weighted by atomic mass is 9.91. The van der Waals surface area contributed by atoms with Gasteiger partial charge in [0.05, 0.1) is 0 Å². The lowest BCUT2D eigenvalue weighted by molar-refractivity contribution is 0.0243. The van der Waals surface area contributed by atoms with Crippen LogP contribution in [0.15, 0.2) is 0 Å². The van der Waals surface area contributed by atoms with Gasteiger partial charge in [-0.2, -0.15) is 0 Å². The SMILES string of the molecule is COC1(C(=N)N2CCCCC2)CCCCCC1. The zero-order valence-electron chi connectivity index (χ0n) is 11.1. The average Bonchev–Trinajstić information content (AvgIpc) is 2.65. The maximum atomic E-state index is 8.52. The number of nitrogens with zero attached hydrogens (tertiary/aromatic N) is 1. The summed E-state index contributed by atoms with van der Waals surface area (Å²) >= 11 is 0. The summed E-state index contributed by atoms with van der Waals surface area (Å²) in [5.74, 6) is 0.765. The molecule has 2 aliphatic rings. The molecule has 0 radical (unpaired) electrons. The number of methoxy groups -OCH3 is 1. The van der Waals surface area contributed by atoms with Crippen LogP contribution >= 0.6 is 0 Å². The molecular weight excluding hydrogens is 212 g/mol. The van der Waals surface area contributed by atoms with Gasteiger partial charge in [0.1, 0.15) is 11.4 Å². The Balaban J connectivity index is 2.06. The average molecular weight is 238 g/mol. The zero-order valence-corrected chi connectivity index (χ0v) is 11.1. The third-order valence-corrected chi connectivity index (χ3v) is 4.41. The number of amidine groups is 1. The van der Waals surface area contributed by atoms with E-state index in [4.69, 9.17) is 10.1 Å². The van der Waals surface area contributed by atoms with Crippen molar-refractivity contribution in [3.63, 3.8) is 0 Å². The molecule has 0 aromatic rings. The van der Waals surface area contributed by atoms with E-state index in [2.05, 4.69) is 4.90 Å². The molecule has 1 saturated carbocycles. The Morgan fingerprint density at radius 2 is 1.47 bits per heavy atom. The molecule has 1 aliphatic carbocycles. The van der Waals surface area contributed by atoms with Crippen LogP contribution in [0.2, 0.25) is 0 Å². The highest BCUT2D eigenvalue weighted by Crippen LogP contribution is 2.32. The molecule has 2 rings (SSSR count). The van der Waals surface area contributed by atoms with Gasteiger partial charge in [0.2, 0.25) is 0 Å². The van der Waals surface area contributed by atoms with Gasteiger partial charge in [-0.25, -0.2) is 0 Å². The molecule has 1 saturated heterocycles. The molecule has 1 aliphatic heterocycles. The highest BCUT2D eigenvalue weighted by atomic mass is 16.5. The van der Waals surface area contributed by atoms with E-state index >= 15 is 0 Å². The molecule has 0 spiro atoms. The van der Waals surface area contributed by atoms with Crippen molar-refractivity contribution >= 4 is 5.84 Å². The van der Waals surface area contributed by atoms with Crippen LogP contribution in [0.4, 0.5) is 0 Å². The van der Waals surface area contributed by atoms with Crippen molar-refractivity contribution in [1.29, 1.82) is 5.41 Å². The molecular formula is C14H26N2O. The Kier molecular flexibility index (Phi) is 4.43. The molecule has 0 atom stereocenters. The molecule has 3 nitrogen and oxygen atoms in total. The summed E-state index contributed by atoms with van der Waals surface area (Å²) in [5.41, 5.74) is -0.270. The number of likely N-dealkylation sites (tertiary alicyclic amines) is 1. The molecule has 0 amide bonds. The quantitative estimate of drug-likeness (QED) is 0.455. The number of ether oxygens (including phenoxy) is 1. The van der Waals surface area contributed by atoms with Crippen LogP contribution in [0.3, 0.4) is 0 Å². The van der Waals surface area contributed by atoms with Crippen molar-refractivity contribution in [1.82, 2.24) is 4.90 Å². The fourth-order valence-electron chi connectivity index (χ4n) is 3.24. The third-order valence-electron chi connectivity index (χ3n) is 4.41. The number of rotatable bonds is 2. The van der Waals surface area contributed by atoms with Crippen molar-refractivity contribution in [3.05, 3.63) is 0 Å². The number of hydrogen-bond acceptors (Lipinski definition) is 2. The Hall–Kier alpha value is -0.570. The highest BCUT2D eigenvalue weighted by molar-refractivity contribution is 5.88. The Labute approximate surface area is 105 Å². The molecule has 1 heterocycles. The van der Waals surface area contributed by atoms with Gasteiger partial charge in [-0.15, -0.1) is 0 Å². The van der Waals surface area contributed by atoms with Crippen molar-refractivity contribution in [2.75, 3.05) is 20.2 Å². The van der Waals surface area contributed by atoms with E-state index in [0.29, 0.717) is 0 Å². The van der Waals surface area contributed by atoms with E-state index in [1.807, 2.05) is 0 Å². The van der Waals surface area contributed by atoms with Crippen LogP contribution in [0, 0.1) is 5.41 Å². The van der Waals surface area contributed by atoms with Gasteiger partial charge in [0.15, 0.2) is 0 Å². The predicted octanol–water partition coefficient (Wildman–Crippen LogP) is 3.19. The van der Waals surface area contributed by atoms with E-state index < -0.39 is 0 Å². The second-order valence-corrected chi connectivity index (χ2v) is 5.51. The van der Waals surface area contributed by atoms with Gasteiger partial charge in [0, 0.05) is 20.2 Å². The fourth-order valence-corrected chi connectivity index (χ4v) is 3.24. The van der Waals surface area contributed by atoms with E-state index in [0.717, 1.165) is 31.8 Å². The van der Waals surface area contributed by atoms with Crippen LogP contribution in [0.5, 0.6) is 0 Å². The van der Waals surface area contributed by atoms with Gasteiger partial charge in [-0.1, -0.05) is 25.7 Å². The van der Waals surface area contributed by atoms with Gasteiger partial charge < -0.3 is 9.64 Å². The zero-order chi connectivity index (χ0) is 12.1. The summed E-state index contributed by atoms with van der Waals surface area (Å²) in [5, 5.41) is 8.52. The van der Waals surface area contributed by atoms with E-state index in [1.54, 1.807) is 7.11 Å². The lowest BCUT2D eigenvalue weighted by Gasteiger charge is -2.40. The molecule has 0 aromatic heterocycles. The van der Waals surface area contributed by atoms with Crippen LogP contribution < -0.4 is 0 Å². The highest BCUT2D eigenvalue weighted by Gasteiger charge is 2.38.